The first-order valence-corrected chi connectivity index (χ1v) is 12.2. The number of nitrogens with two attached hydrogens (primary N) is 2. The predicted molar refractivity (Wildman–Crippen MR) is 138 cm³/mol. The number of pyridine rings is 1. The van der Waals surface area contributed by atoms with Crippen molar-refractivity contribution >= 4 is 23.6 Å². The van der Waals surface area contributed by atoms with Crippen molar-refractivity contribution in [3.63, 3.8) is 0 Å². The van der Waals surface area contributed by atoms with Crippen molar-refractivity contribution in [2.45, 2.75) is 50.2 Å². The first-order valence-electron chi connectivity index (χ1n) is 12.2. The van der Waals surface area contributed by atoms with Gasteiger partial charge in [-0.25, -0.2) is 0 Å². The molecule has 2 heterocycles. The maximum atomic E-state index is 13.4. The van der Waals surface area contributed by atoms with Gasteiger partial charge in [0.25, 0.3) is 0 Å². The number of guanidine groups is 1. The summed E-state index contributed by atoms with van der Waals surface area (Å²) < 4.78 is 0. The smallest absolute Gasteiger partial charge is 0.243 e. The minimum atomic E-state index is -0.802. The Hall–Kier alpha value is -3.79. The van der Waals surface area contributed by atoms with E-state index in [2.05, 4.69) is 20.6 Å². The Morgan fingerprint density at radius 3 is 2.53 bits per heavy atom. The number of carbonyl (C=O) groups excluding carboxylic acids is 3. The molecule has 0 spiro atoms. The van der Waals surface area contributed by atoms with Gasteiger partial charge in [0.15, 0.2) is 5.96 Å². The van der Waals surface area contributed by atoms with Crippen molar-refractivity contribution in [3.8, 4) is 0 Å². The summed E-state index contributed by atoms with van der Waals surface area (Å²) in [6, 6.07) is 12.9. The van der Waals surface area contributed by atoms with Crippen molar-refractivity contribution in [1.29, 1.82) is 0 Å². The van der Waals surface area contributed by atoms with Crippen LogP contribution in [0.5, 0.6) is 0 Å². The molecule has 0 bridgehead atoms. The highest BCUT2D eigenvalue weighted by Crippen LogP contribution is 2.20. The number of carbonyl (C=O) groups is 3. The fraction of sp³-hybridized carbons (Fsp3) is 0.423. The lowest BCUT2D eigenvalue weighted by atomic mass is 10.0. The number of aliphatic imine (C=N–C) groups is 1. The SMILES string of the molecule is CN[C@H](Cc1ccccc1)C(=O)N1CCC[C@H]1C(=O)NC(CCCN=C(N)N)C(=O)c1ccccn1. The van der Waals surface area contributed by atoms with Crippen LogP contribution >= 0.6 is 0 Å². The minimum Gasteiger partial charge on any atom is -0.370 e. The third-order valence-electron chi connectivity index (χ3n) is 6.26. The van der Waals surface area contributed by atoms with Gasteiger partial charge in [-0.3, -0.25) is 24.4 Å². The van der Waals surface area contributed by atoms with Gasteiger partial charge in [0.2, 0.25) is 17.6 Å². The lowest BCUT2D eigenvalue weighted by Gasteiger charge is -2.29. The van der Waals surface area contributed by atoms with Gasteiger partial charge < -0.3 is 27.0 Å². The van der Waals surface area contributed by atoms with Crippen LogP contribution in [0, 0.1) is 0 Å². The van der Waals surface area contributed by atoms with Crippen molar-refractivity contribution in [2.75, 3.05) is 20.1 Å². The Labute approximate surface area is 211 Å². The number of benzene rings is 1. The molecule has 0 aliphatic carbocycles. The number of Topliss-reactive ketones (excluding diaryl/α,β-unsaturated/α-hetero) is 1. The van der Waals surface area contributed by atoms with Gasteiger partial charge in [-0.05, 0) is 56.8 Å². The summed E-state index contributed by atoms with van der Waals surface area (Å²) in [6.45, 7) is 0.828. The number of rotatable bonds is 12. The van der Waals surface area contributed by atoms with E-state index >= 15 is 0 Å². The quantitative estimate of drug-likeness (QED) is 0.146. The molecule has 1 aromatic carbocycles. The van der Waals surface area contributed by atoms with Crippen LogP contribution in [-0.4, -0.2) is 71.7 Å². The second kappa shape index (κ2) is 13.3. The topological polar surface area (TPSA) is 156 Å². The number of nitrogens with one attached hydrogen (secondary N) is 2. The zero-order valence-corrected chi connectivity index (χ0v) is 20.6. The summed E-state index contributed by atoms with van der Waals surface area (Å²) in [4.78, 5) is 49.6. The third kappa shape index (κ3) is 7.35. The summed E-state index contributed by atoms with van der Waals surface area (Å²) in [5.41, 5.74) is 12.1. The molecule has 1 aromatic heterocycles. The van der Waals surface area contributed by atoms with Crippen LogP contribution < -0.4 is 22.1 Å². The number of ketones is 1. The molecule has 1 fully saturated rings. The summed E-state index contributed by atoms with van der Waals surface area (Å²) >= 11 is 0. The number of likely N-dealkylation sites (tertiary alicyclic amines) is 1. The van der Waals surface area contributed by atoms with E-state index in [1.807, 2.05) is 30.3 Å². The van der Waals surface area contributed by atoms with Crippen LogP contribution in [0.15, 0.2) is 59.7 Å². The van der Waals surface area contributed by atoms with Crippen molar-refractivity contribution in [3.05, 3.63) is 66.0 Å². The lowest BCUT2D eigenvalue weighted by molar-refractivity contribution is -0.140. The zero-order chi connectivity index (χ0) is 25.9. The molecule has 2 amide bonds. The lowest BCUT2D eigenvalue weighted by Crippen LogP contribution is -2.54. The van der Waals surface area contributed by atoms with Crippen LogP contribution in [0.4, 0.5) is 0 Å². The number of amides is 2. The van der Waals surface area contributed by atoms with E-state index in [0.29, 0.717) is 38.8 Å². The Bertz CT molecular complexity index is 1040. The molecule has 10 heteroatoms. The first-order chi connectivity index (χ1) is 17.4. The molecule has 3 atom stereocenters. The minimum absolute atomic E-state index is 0.0265. The molecule has 1 aliphatic rings. The van der Waals surface area contributed by atoms with Crippen LogP contribution in [0.25, 0.3) is 0 Å². The largest absolute Gasteiger partial charge is 0.370 e. The van der Waals surface area contributed by atoms with Crippen LogP contribution in [-0.2, 0) is 16.0 Å². The fourth-order valence-electron chi connectivity index (χ4n) is 4.39. The second-order valence-corrected chi connectivity index (χ2v) is 8.81. The summed E-state index contributed by atoms with van der Waals surface area (Å²) in [5.74, 6) is -0.783. The molecule has 1 unspecified atom stereocenters. The highest BCUT2D eigenvalue weighted by atomic mass is 16.2. The van der Waals surface area contributed by atoms with Gasteiger partial charge >= 0.3 is 0 Å². The van der Waals surface area contributed by atoms with Crippen molar-refractivity contribution < 1.29 is 14.4 Å². The van der Waals surface area contributed by atoms with Crippen molar-refractivity contribution in [2.24, 2.45) is 16.5 Å². The monoisotopic (exact) mass is 493 g/mol. The Balaban J connectivity index is 1.70. The molecule has 1 aliphatic heterocycles. The number of nitrogens with zero attached hydrogens (tertiary/aromatic N) is 3. The molecule has 2 aromatic rings. The molecule has 0 saturated carbocycles. The van der Waals surface area contributed by atoms with E-state index in [0.717, 1.165) is 12.0 Å². The van der Waals surface area contributed by atoms with E-state index in [4.69, 9.17) is 11.5 Å². The maximum absolute atomic E-state index is 13.4. The first kappa shape index (κ1) is 26.8. The van der Waals surface area contributed by atoms with Gasteiger partial charge in [-0.15, -0.1) is 0 Å². The molecular weight excluding hydrogens is 458 g/mol. The highest BCUT2D eigenvalue weighted by Gasteiger charge is 2.38. The van der Waals surface area contributed by atoms with E-state index in [9.17, 15) is 14.4 Å². The summed E-state index contributed by atoms with van der Waals surface area (Å²) in [6.07, 6.45) is 4.15. The molecule has 0 radical (unpaired) electrons. The Morgan fingerprint density at radius 1 is 1.11 bits per heavy atom. The molecule has 6 N–H and O–H groups in total. The molecule has 192 valence electrons. The standard InChI is InChI=1S/C26H35N7O3/c1-29-21(17-18-9-3-2-4-10-18)25(36)33-16-8-13-22(33)24(35)32-20(12-7-15-31-26(27)28)23(34)19-11-5-6-14-30-19/h2-6,9-11,14,20-22,29H,7-8,12-13,15-17H2,1H3,(H,32,35)(H4,27,28,31)/t20?,21-,22+/m1/s1. The molecule has 3 rings (SSSR count). The average Bonchev–Trinajstić information content (AvgIpc) is 3.39. The normalized spacial score (nSPS) is 16.7. The van der Waals surface area contributed by atoms with Crippen LogP contribution in [0.2, 0.25) is 0 Å². The van der Waals surface area contributed by atoms with Crippen molar-refractivity contribution in [1.82, 2.24) is 20.5 Å². The summed E-state index contributed by atoms with van der Waals surface area (Å²) in [5, 5.41) is 5.98. The molecule has 10 nitrogen and oxygen atoms in total. The Kier molecular flexibility index (Phi) is 9.93. The van der Waals surface area contributed by atoms with E-state index in [1.165, 1.54) is 6.20 Å². The summed E-state index contributed by atoms with van der Waals surface area (Å²) in [7, 11) is 1.74. The molecule has 1 saturated heterocycles. The van der Waals surface area contributed by atoms with E-state index < -0.39 is 18.1 Å². The van der Waals surface area contributed by atoms with Gasteiger partial charge in [-0.1, -0.05) is 36.4 Å². The van der Waals surface area contributed by atoms with Gasteiger partial charge in [0.1, 0.15) is 11.7 Å². The van der Waals surface area contributed by atoms with Crippen LogP contribution in [0.3, 0.4) is 0 Å². The number of likely N-dealkylation sites (N-methyl/N-ethyl adjacent to an activating group) is 1. The van der Waals surface area contributed by atoms with Gasteiger partial charge in [0, 0.05) is 19.3 Å². The average molecular weight is 494 g/mol. The van der Waals surface area contributed by atoms with Gasteiger partial charge in [0.05, 0.1) is 12.1 Å². The highest BCUT2D eigenvalue weighted by molar-refractivity contribution is 6.01. The predicted octanol–water partition coefficient (Wildman–Crippen LogP) is 0.624. The third-order valence-corrected chi connectivity index (χ3v) is 6.26. The number of hydrogen-bond acceptors (Lipinski definition) is 6. The Morgan fingerprint density at radius 2 is 1.86 bits per heavy atom. The molecule has 36 heavy (non-hydrogen) atoms. The number of hydrogen-bond donors (Lipinski definition) is 4. The number of aromatic nitrogens is 1. The van der Waals surface area contributed by atoms with E-state index in [1.54, 1.807) is 30.1 Å². The molecular formula is C26H35N7O3. The zero-order valence-electron chi connectivity index (χ0n) is 20.6. The van der Waals surface area contributed by atoms with E-state index in [-0.39, 0.29) is 29.3 Å². The second-order valence-electron chi connectivity index (χ2n) is 8.81. The van der Waals surface area contributed by atoms with Crippen LogP contribution in [0.1, 0.15) is 41.7 Å². The van der Waals surface area contributed by atoms with Gasteiger partial charge in [-0.2, -0.15) is 0 Å². The fourth-order valence-corrected chi connectivity index (χ4v) is 4.39. The maximum Gasteiger partial charge on any atom is 0.243 e.